The Morgan fingerprint density at radius 3 is 2.15 bits per heavy atom. The first-order valence-corrected chi connectivity index (χ1v) is 4.89. The van der Waals surface area contributed by atoms with Crippen LogP contribution < -0.4 is 0 Å². The van der Waals surface area contributed by atoms with Crippen molar-refractivity contribution in [1.82, 2.24) is 0 Å². The molecule has 4 heteroatoms. The van der Waals surface area contributed by atoms with E-state index in [1.807, 2.05) is 13.8 Å². The van der Waals surface area contributed by atoms with E-state index in [4.69, 9.17) is 32.7 Å². The molecule has 0 rings (SSSR count). The number of rotatable bonds is 6. The van der Waals surface area contributed by atoms with Crippen molar-refractivity contribution in [2.24, 2.45) is 0 Å². The summed E-state index contributed by atoms with van der Waals surface area (Å²) in [4.78, 5) is 0. The molecule has 0 aliphatic carbocycles. The highest BCUT2D eigenvalue weighted by atomic mass is 35.5. The molecule has 76 valence electrons. The number of hydrogen-bond acceptors (Lipinski definition) is 2. The first kappa shape index (κ1) is 13.0. The Labute approximate surface area is 89.1 Å². The first-order valence-electron chi connectivity index (χ1n) is 4.13. The minimum atomic E-state index is -0.320. The minimum absolute atomic E-state index is 0.211. The van der Waals surface area contributed by atoms with Crippen LogP contribution in [0.25, 0.3) is 0 Å². The van der Waals surface area contributed by atoms with Crippen LogP contribution in [0.2, 0.25) is 0 Å². The number of hydrogen-bond donors (Lipinski definition) is 0. The summed E-state index contributed by atoms with van der Waals surface area (Å²) in [6, 6.07) is 0. The maximum atomic E-state index is 5.41. The molecule has 2 nitrogen and oxygen atoms in total. The lowest BCUT2D eigenvalue weighted by Crippen LogP contribution is -2.13. The van der Waals surface area contributed by atoms with Crippen molar-refractivity contribution in [2.45, 2.75) is 20.1 Å². The third-order valence-corrected chi connectivity index (χ3v) is 1.40. The molecule has 0 aromatic heterocycles. The van der Waals surface area contributed by atoms with Crippen LogP contribution in [0.4, 0.5) is 0 Å². The maximum absolute atomic E-state index is 5.41. The summed E-state index contributed by atoms with van der Waals surface area (Å²) < 4.78 is 10.7. The van der Waals surface area contributed by atoms with Crippen LogP contribution in [-0.2, 0) is 9.47 Å². The molecule has 0 unspecified atom stereocenters. The molecule has 0 aliphatic rings. The smallest absolute Gasteiger partial charge is 0.177 e. The molecule has 13 heavy (non-hydrogen) atoms. The first-order chi connectivity index (χ1) is 6.20. The van der Waals surface area contributed by atoms with Gasteiger partial charge in [0.15, 0.2) is 6.29 Å². The maximum Gasteiger partial charge on any atom is 0.177 e. The van der Waals surface area contributed by atoms with Gasteiger partial charge in [0, 0.05) is 13.2 Å². The Bertz CT molecular complexity index is 168. The van der Waals surface area contributed by atoms with E-state index in [0.717, 1.165) is 0 Å². The average Bonchev–Trinajstić information content (AvgIpc) is 2.04. The van der Waals surface area contributed by atoms with Gasteiger partial charge < -0.3 is 9.47 Å². The van der Waals surface area contributed by atoms with Crippen LogP contribution in [0.1, 0.15) is 13.8 Å². The SMILES string of the molecule is CCOC(C=CC=C(Cl)Cl)OCC. The Morgan fingerprint density at radius 2 is 1.77 bits per heavy atom. The molecule has 0 aromatic rings. The van der Waals surface area contributed by atoms with Gasteiger partial charge in [0.2, 0.25) is 0 Å². The normalized spacial score (nSPS) is 11.2. The van der Waals surface area contributed by atoms with E-state index < -0.39 is 0 Å². The third-order valence-electron chi connectivity index (χ3n) is 1.15. The molecular weight excluding hydrogens is 211 g/mol. The minimum Gasteiger partial charge on any atom is -0.349 e. The van der Waals surface area contributed by atoms with Crippen molar-refractivity contribution in [2.75, 3.05) is 13.2 Å². The molecule has 0 aliphatic heterocycles. The van der Waals surface area contributed by atoms with Gasteiger partial charge in [0.05, 0.1) is 0 Å². The van der Waals surface area contributed by atoms with Gasteiger partial charge in [0.1, 0.15) is 4.49 Å². The third kappa shape index (κ3) is 8.31. The van der Waals surface area contributed by atoms with Crippen molar-refractivity contribution in [3.63, 3.8) is 0 Å². The Morgan fingerprint density at radius 1 is 1.23 bits per heavy atom. The topological polar surface area (TPSA) is 18.5 Å². The second-order valence-corrected chi connectivity index (χ2v) is 3.13. The van der Waals surface area contributed by atoms with E-state index in [2.05, 4.69) is 0 Å². The number of halogens is 2. The van der Waals surface area contributed by atoms with E-state index in [0.29, 0.717) is 13.2 Å². The second kappa shape index (κ2) is 8.57. The van der Waals surface area contributed by atoms with Crippen LogP contribution in [-0.4, -0.2) is 19.5 Å². The van der Waals surface area contributed by atoms with Crippen molar-refractivity contribution >= 4 is 23.2 Å². The summed E-state index contributed by atoms with van der Waals surface area (Å²) in [6.45, 7) is 5.02. The van der Waals surface area contributed by atoms with Crippen LogP contribution in [0.15, 0.2) is 22.7 Å². The predicted octanol–water partition coefficient (Wildman–Crippen LogP) is 3.26. The Hall–Kier alpha value is -0.0200. The summed E-state index contributed by atoms with van der Waals surface area (Å²) in [5.74, 6) is 0. The summed E-state index contributed by atoms with van der Waals surface area (Å²) in [6.07, 6.45) is 4.69. The van der Waals surface area contributed by atoms with Crippen LogP contribution in [0.3, 0.4) is 0 Å². The summed E-state index contributed by atoms with van der Waals surface area (Å²) in [5.41, 5.74) is 0. The molecule has 0 bridgehead atoms. The van der Waals surface area contributed by atoms with Crippen LogP contribution in [0, 0.1) is 0 Å². The molecule has 0 saturated carbocycles. The van der Waals surface area contributed by atoms with Crippen molar-refractivity contribution in [3.05, 3.63) is 22.7 Å². The average molecular weight is 225 g/mol. The zero-order valence-electron chi connectivity index (χ0n) is 7.80. The Balaban J connectivity index is 3.92. The molecule has 0 atom stereocenters. The summed E-state index contributed by atoms with van der Waals surface area (Å²) in [7, 11) is 0. The highest BCUT2D eigenvalue weighted by molar-refractivity contribution is 6.55. The van der Waals surface area contributed by atoms with E-state index in [1.165, 1.54) is 0 Å². The van der Waals surface area contributed by atoms with Gasteiger partial charge in [-0.1, -0.05) is 29.3 Å². The zero-order chi connectivity index (χ0) is 10.1. The van der Waals surface area contributed by atoms with Gasteiger partial charge in [-0.25, -0.2) is 0 Å². The van der Waals surface area contributed by atoms with E-state index >= 15 is 0 Å². The van der Waals surface area contributed by atoms with Gasteiger partial charge >= 0.3 is 0 Å². The highest BCUT2D eigenvalue weighted by Gasteiger charge is 2.00. The molecule has 0 amide bonds. The number of allylic oxidation sites excluding steroid dienone is 2. The molecule has 0 N–H and O–H groups in total. The summed E-state index contributed by atoms with van der Waals surface area (Å²) >= 11 is 10.8. The Kier molecular flexibility index (Phi) is 8.56. The lowest BCUT2D eigenvalue weighted by molar-refractivity contribution is -0.103. The van der Waals surface area contributed by atoms with Gasteiger partial charge in [0.25, 0.3) is 0 Å². The van der Waals surface area contributed by atoms with Crippen molar-refractivity contribution in [3.8, 4) is 0 Å². The molecule has 0 heterocycles. The molecule has 0 saturated heterocycles. The largest absolute Gasteiger partial charge is 0.349 e. The van der Waals surface area contributed by atoms with Gasteiger partial charge in [-0.05, 0) is 26.0 Å². The second-order valence-electron chi connectivity index (χ2n) is 2.12. The molecular formula is C9H14Cl2O2. The summed E-state index contributed by atoms with van der Waals surface area (Å²) in [5, 5.41) is 0. The fraction of sp³-hybridized carbons (Fsp3) is 0.556. The molecule has 0 aromatic carbocycles. The van der Waals surface area contributed by atoms with Crippen molar-refractivity contribution in [1.29, 1.82) is 0 Å². The van der Waals surface area contributed by atoms with Crippen molar-refractivity contribution < 1.29 is 9.47 Å². The predicted molar refractivity (Wildman–Crippen MR) is 56.0 cm³/mol. The lowest BCUT2D eigenvalue weighted by atomic mass is 10.4. The highest BCUT2D eigenvalue weighted by Crippen LogP contribution is 2.06. The van der Waals surface area contributed by atoms with E-state index in [9.17, 15) is 0 Å². The van der Waals surface area contributed by atoms with Crippen LogP contribution in [0.5, 0.6) is 0 Å². The molecule has 0 fully saturated rings. The monoisotopic (exact) mass is 224 g/mol. The fourth-order valence-corrected chi connectivity index (χ4v) is 0.852. The van der Waals surface area contributed by atoms with Crippen LogP contribution >= 0.6 is 23.2 Å². The fourth-order valence-electron chi connectivity index (χ4n) is 0.707. The lowest BCUT2D eigenvalue weighted by Gasteiger charge is -2.11. The van der Waals surface area contributed by atoms with E-state index in [1.54, 1.807) is 18.2 Å². The van der Waals surface area contributed by atoms with Gasteiger partial charge in [-0.15, -0.1) is 0 Å². The zero-order valence-corrected chi connectivity index (χ0v) is 9.31. The van der Waals surface area contributed by atoms with Gasteiger partial charge in [-0.3, -0.25) is 0 Å². The molecule has 0 radical (unpaired) electrons. The van der Waals surface area contributed by atoms with Gasteiger partial charge in [-0.2, -0.15) is 0 Å². The number of ether oxygens (including phenoxy) is 2. The standard InChI is InChI=1S/C9H14Cl2O2/c1-3-12-9(13-4-2)7-5-6-8(10)11/h5-7,9H,3-4H2,1-2H3. The quantitative estimate of drug-likeness (QED) is 0.510. The molecule has 0 spiro atoms. The van der Waals surface area contributed by atoms with E-state index in [-0.39, 0.29) is 10.8 Å².